The fourth-order valence-corrected chi connectivity index (χ4v) is 4.11. The Balaban J connectivity index is 2.05. The van der Waals surface area contributed by atoms with Crippen LogP contribution in [0.5, 0.6) is 0 Å². The summed E-state index contributed by atoms with van der Waals surface area (Å²) >= 11 is 0.899. The molecule has 0 aliphatic carbocycles. The largest absolute Gasteiger partial charge is 0.463 e. The monoisotopic (exact) mass is 470 g/mol. The number of carbonyl (C=O) groups excluding carboxylic acids is 2. The van der Waals surface area contributed by atoms with E-state index in [1.807, 2.05) is 0 Å². The van der Waals surface area contributed by atoms with Gasteiger partial charge in [0.25, 0.3) is 5.56 Å². The Kier molecular flexibility index (Phi) is 7.52. The molecule has 1 saturated heterocycles. The molecule has 2 aromatic rings. The highest BCUT2D eigenvalue weighted by Crippen LogP contribution is 2.29. The van der Waals surface area contributed by atoms with Gasteiger partial charge in [-0.15, -0.1) is 11.3 Å². The number of thiazole rings is 1. The van der Waals surface area contributed by atoms with Crippen molar-refractivity contribution in [1.29, 1.82) is 0 Å². The Morgan fingerprint density at radius 1 is 1.25 bits per heavy atom. The van der Waals surface area contributed by atoms with Crippen molar-refractivity contribution < 1.29 is 32.2 Å². The molecule has 3 rings (SSSR count). The molecule has 172 valence electrons. The average Bonchev–Trinajstić information content (AvgIpc) is 3.02. The van der Waals surface area contributed by atoms with Crippen molar-refractivity contribution in [2.75, 3.05) is 32.9 Å². The van der Waals surface area contributed by atoms with Gasteiger partial charge in [0.15, 0.2) is 0 Å². The number of alkyl halides is 3. The van der Waals surface area contributed by atoms with Gasteiger partial charge in [0.2, 0.25) is 5.91 Å². The molecule has 7 nitrogen and oxygen atoms in total. The van der Waals surface area contributed by atoms with Crippen LogP contribution in [0.4, 0.5) is 13.2 Å². The van der Waals surface area contributed by atoms with E-state index in [0.717, 1.165) is 34.1 Å². The Morgan fingerprint density at radius 2 is 1.97 bits per heavy atom. The molecule has 0 radical (unpaired) electrons. The summed E-state index contributed by atoms with van der Waals surface area (Å²) < 4.78 is 50.5. The van der Waals surface area contributed by atoms with Gasteiger partial charge in [-0.3, -0.25) is 14.2 Å². The minimum Gasteiger partial charge on any atom is -0.463 e. The molecule has 32 heavy (non-hydrogen) atoms. The number of ether oxygens (including phenoxy) is 2. The van der Waals surface area contributed by atoms with Crippen LogP contribution in [0.25, 0.3) is 12.2 Å². The Labute approximate surface area is 185 Å². The maximum Gasteiger partial charge on any atom is 0.416 e. The molecule has 0 bridgehead atoms. The van der Waals surface area contributed by atoms with Crippen molar-refractivity contribution in [2.24, 2.45) is 0 Å². The van der Waals surface area contributed by atoms with Crippen LogP contribution in [0.3, 0.4) is 0 Å². The van der Waals surface area contributed by atoms with E-state index in [4.69, 9.17) is 9.47 Å². The SMILES string of the molecule is CCOC(=O)/C=c1\s/c(=C\c2cccc(C(F)(F)F)c2)c(=O)n1CC(=O)N1CCOCC1. The summed E-state index contributed by atoms with van der Waals surface area (Å²) in [5, 5.41) is 0. The van der Waals surface area contributed by atoms with Crippen molar-refractivity contribution in [3.63, 3.8) is 0 Å². The van der Waals surface area contributed by atoms with Crippen LogP contribution in [0.1, 0.15) is 18.1 Å². The fraction of sp³-hybridized carbons (Fsp3) is 0.381. The Morgan fingerprint density at radius 3 is 2.62 bits per heavy atom. The number of morpholine rings is 1. The first-order valence-corrected chi connectivity index (χ1v) is 10.6. The van der Waals surface area contributed by atoms with Gasteiger partial charge >= 0.3 is 12.1 Å². The first-order chi connectivity index (χ1) is 15.2. The number of esters is 1. The normalized spacial score (nSPS) is 15.8. The number of hydrogen-bond donors (Lipinski definition) is 0. The van der Waals surface area contributed by atoms with Gasteiger partial charge < -0.3 is 14.4 Å². The standard InChI is InChI=1S/C21H21F3N2O5S/c1-2-31-19(28)12-18-26(13-17(27)25-6-8-30-9-7-25)20(29)16(32-18)11-14-4-3-5-15(10-14)21(22,23)24/h3-5,10-12H,2,6-9,13H2,1H3/b16-11-,18-12-. The number of aromatic nitrogens is 1. The third kappa shape index (κ3) is 5.86. The lowest BCUT2D eigenvalue weighted by Gasteiger charge is -2.26. The second-order valence-corrected chi connectivity index (χ2v) is 7.92. The van der Waals surface area contributed by atoms with Crippen molar-refractivity contribution in [3.8, 4) is 0 Å². The van der Waals surface area contributed by atoms with Gasteiger partial charge in [0.1, 0.15) is 11.2 Å². The van der Waals surface area contributed by atoms with E-state index in [9.17, 15) is 27.6 Å². The molecule has 1 aliphatic rings. The summed E-state index contributed by atoms with van der Waals surface area (Å²) in [4.78, 5) is 39.1. The molecule has 11 heteroatoms. The topological polar surface area (TPSA) is 77.8 Å². The average molecular weight is 470 g/mol. The zero-order valence-corrected chi connectivity index (χ0v) is 18.0. The maximum absolute atomic E-state index is 13.0. The lowest BCUT2D eigenvalue weighted by molar-refractivity contribution is -0.138. The van der Waals surface area contributed by atoms with Gasteiger partial charge in [-0.1, -0.05) is 12.1 Å². The van der Waals surface area contributed by atoms with Crippen LogP contribution in [0.15, 0.2) is 29.1 Å². The number of nitrogens with zero attached hydrogens (tertiary/aromatic N) is 2. The van der Waals surface area contributed by atoms with Crippen LogP contribution >= 0.6 is 11.3 Å². The van der Waals surface area contributed by atoms with Crippen molar-refractivity contribution >= 4 is 35.4 Å². The molecule has 0 saturated carbocycles. The minimum absolute atomic E-state index is 0.0923. The van der Waals surface area contributed by atoms with E-state index in [1.165, 1.54) is 18.2 Å². The number of amides is 1. The molecule has 1 amide bonds. The molecule has 0 N–H and O–H groups in total. The number of halogens is 3. The minimum atomic E-state index is -4.52. The second kappa shape index (κ2) is 10.1. The molecule has 0 unspecified atom stereocenters. The molecule has 1 aromatic carbocycles. The van der Waals surface area contributed by atoms with E-state index in [2.05, 4.69) is 0 Å². The predicted molar refractivity (Wildman–Crippen MR) is 111 cm³/mol. The van der Waals surface area contributed by atoms with E-state index < -0.39 is 23.3 Å². The van der Waals surface area contributed by atoms with Gasteiger partial charge in [0.05, 0.1) is 36.0 Å². The van der Waals surface area contributed by atoms with E-state index >= 15 is 0 Å². The third-order valence-corrected chi connectivity index (χ3v) is 5.69. The highest BCUT2D eigenvalue weighted by Gasteiger charge is 2.30. The summed E-state index contributed by atoms with van der Waals surface area (Å²) in [7, 11) is 0. The lowest BCUT2D eigenvalue weighted by Crippen LogP contribution is -2.45. The van der Waals surface area contributed by atoms with Crippen LogP contribution in [0.2, 0.25) is 0 Å². The second-order valence-electron chi connectivity index (χ2n) is 6.85. The predicted octanol–water partition coefficient (Wildman–Crippen LogP) is 0.960. The molecule has 2 heterocycles. The first kappa shape index (κ1) is 23.7. The molecular formula is C21H21F3N2O5S. The summed E-state index contributed by atoms with van der Waals surface area (Å²) in [6.07, 6.45) is -2.11. The van der Waals surface area contributed by atoms with Gasteiger partial charge in [-0.25, -0.2) is 4.79 Å². The van der Waals surface area contributed by atoms with E-state index in [-0.39, 0.29) is 33.8 Å². The summed E-state index contributed by atoms with van der Waals surface area (Å²) in [6, 6.07) is 4.54. The van der Waals surface area contributed by atoms with Crippen molar-refractivity contribution in [3.05, 3.63) is 54.9 Å². The van der Waals surface area contributed by atoms with Crippen molar-refractivity contribution in [1.82, 2.24) is 9.47 Å². The molecular weight excluding hydrogens is 449 g/mol. The number of hydrogen-bond acceptors (Lipinski definition) is 6. The maximum atomic E-state index is 13.0. The molecule has 1 aromatic heterocycles. The Bertz CT molecular complexity index is 1160. The number of carbonyl (C=O) groups is 2. The summed E-state index contributed by atoms with van der Waals surface area (Å²) in [5.41, 5.74) is -1.25. The van der Waals surface area contributed by atoms with Crippen LogP contribution in [-0.2, 0) is 31.8 Å². The summed E-state index contributed by atoms with van der Waals surface area (Å²) in [6.45, 7) is 3.00. The smallest absolute Gasteiger partial charge is 0.416 e. The van der Waals surface area contributed by atoms with Crippen LogP contribution in [0, 0.1) is 0 Å². The Hall–Kier alpha value is -2.92. The molecule has 1 fully saturated rings. The van der Waals surface area contributed by atoms with Crippen LogP contribution in [-0.4, -0.2) is 54.3 Å². The zero-order valence-electron chi connectivity index (χ0n) is 17.2. The number of rotatable bonds is 5. The first-order valence-electron chi connectivity index (χ1n) is 9.81. The van der Waals surface area contributed by atoms with Gasteiger partial charge in [-0.2, -0.15) is 13.2 Å². The van der Waals surface area contributed by atoms with Gasteiger partial charge in [0, 0.05) is 13.1 Å². The fourth-order valence-electron chi connectivity index (χ4n) is 3.08. The molecule has 0 spiro atoms. The van der Waals surface area contributed by atoms with E-state index in [1.54, 1.807) is 11.8 Å². The molecule has 0 atom stereocenters. The number of benzene rings is 1. The highest BCUT2D eigenvalue weighted by atomic mass is 32.1. The zero-order chi connectivity index (χ0) is 23.3. The van der Waals surface area contributed by atoms with E-state index in [0.29, 0.717) is 26.3 Å². The molecule has 1 aliphatic heterocycles. The summed E-state index contributed by atoms with van der Waals surface area (Å²) in [5.74, 6) is -1.01. The quantitative estimate of drug-likeness (QED) is 0.609. The lowest BCUT2D eigenvalue weighted by atomic mass is 10.1. The van der Waals surface area contributed by atoms with Crippen molar-refractivity contribution in [2.45, 2.75) is 19.6 Å². The van der Waals surface area contributed by atoms with Crippen LogP contribution < -0.4 is 14.8 Å². The third-order valence-electron chi connectivity index (χ3n) is 4.63. The van der Waals surface area contributed by atoms with Gasteiger partial charge in [-0.05, 0) is 30.7 Å². The highest BCUT2D eigenvalue weighted by molar-refractivity contribution is 7.07.